The fourth-order valence-electron chi connectivity index (χ4n) is 2.51. The van der Waals surface area contributed by atoms with Crippen LogP contribution in [0.3, 0.4) is 0 Å². The van der Waals surface area contributed by atoms with E-state index in [1.807, 2.05) is 64.1 Å². The van der Waals surface area contributed by atoms with Crippen molar-refractivity contribution >= 4 is 11.6 Å². The summed E-state index contributed by atoms with van der Waals surface area (Å²) in [4.78, 5) is 24.9. The van der Waals surface area contributed by atoms with Crippen molar-refractivity contribution in [1.29, 1.82) is 0 Å². The molecule has 2 heteroatoms. The molecule has 0 aliphatic carbocycles. The highest BCUT2D eigenvalue weighted by atomic mass is 16.1. The van der Waals surface area contributed by atoms with E-state index in [2.05, 4.69) is 0 Å². The number of ketones is 2. The predicted molar refractivity (Wildman–Crippen MR) is 89.2 cm³/mol. The van der Waals surface area contributed by atoms with Crippen LogP contribution in [0.1, 0.15) is 55.1 Å². The van der Waals surface area contributed by atoms with Gasteiger partial charge in [-0.05, 0) is 11.6 Å². The van der Waals surface area contributed by atoms with E-state index in [0.29, 0.717) is 11.1 Å². The summed E-state index contributed by atoms with van der Waals surface area (Å²) in [6, 6.07) is 16.6. The van der Waals surface area contributed by atoms with Crippen molar-refractivity contribution in [2.24, 2.45) is 5.41 Å². The molecule has 0 aliphatic heterocycles. The third-order valence-electron chi connectivity index (χ3n) is 3.82. The van der Waals surface area contributed by atoms with E-state index >= 15 is 0 Å². The summed E-state index contributed by atoms with van der Waals surface area (Å²) in [6.45, 7) is 7.67. The number of hydrogen-bond acceptors (Lipinski definition) is 2. The van der Waals surface area contributed by atoms with Crippen LogP contribution in [0.2, 0.25) is 0 Å². The summed E-state index contributed by atoms with van der Waals surface area (Å²) < 4.78 is 0. The molecule has 1 unspecified atom stereocenters. The minimum Gasteiger partial charge on any atom is -0.298 e. The van der Waals surface area contributed by atoms with Crippen molar-refractivity contribution in [2.45, 2.75) is 33.6 Å². The van der Waals surface area contributed by atoms with Crippen molar-refractivity contribution in [1.82, 2.24) is 0 Å². The first-order chi connectivity index (χ1) is 10.3. The quantitative estimate of drug-likeness (QED) is 0.770. The summed E-state index contributed by atoms with van der Waals surface area (Å²) in [5.74, 6) is -0.0572. The van der Waals surface area contributed by atoms with E-state index in [0.717, 1.165) is 5.56 Å². The number of carbonyl (C=O) groups is 2. The predicted octanol–water partition coefficient (Wildman–Crippen LogP) is 4.64. The molecule has 2 aromatic carbocycles. The highest BCUT2D eigenvalue weighted by molar-refractivity contribution is 6.09. The molecule has 0 amide bonds. The van der Waals surface area contributed by atoms with Crippen LogP contribution in [0, 0.1) is 5.41 Å². The van der Waals surface area contributed by atoms with Crippen molar-refractivity contribution in [3.05, 3.63) is 71.3 Å². The van der Waals surface area contributed by atoms with Crippen molar-refractivity contribution < 1.29 is 9.59 Å². The highest BCUT2D eigenvalue weighted by Gasteiger charge is 2.27. The van der Waals surface area contributed by atoms with E-state index in [4.69, 9.17) is 0 Å². The lowest BCUT2D eigenvalue weighted by Crippen LogP contribution is -2.25. The van der Waals surface area contributed by atoms with Crippen LogP contribution in [0.5, 0.6) is 0 Å². The van der Waals surface area contributed by atoms with Gasteiger partial charge in [-0.25, -0.2) is 0 Å². The number of hydrogen-bond donors (Lipinski definition) is 0. The molecule has 0 bridgehead atoms. The second-order valence-corrected chi connectivity index (χ2v) is 6.66. The Labute approximate surface area is 132 Å². The lowest BCUT2D eigenvalue weighted by atomic mass is 9.80. The zero-order valence-electron chi connectivity index (χ0n) is 13.6. The largest absolute Gasteiger partial charge is 0.298 e. The molecule has 0 radical (unpaired) electrons. The molecule has 2 nitrogen and oxygen atoms in total. The molecule has 0 heterocycles. The Morgan fingerprint density at radius 2 is 1.45 bits per heavy atom. The van der Waals surface area contributed by atoms with Crippen LogP contribution in [-0.2, 0) is 4.79 Å². The van der Waals surface area contributed by atoms with Crippen LogP contribution >= 0.6 is 0 Å². The van der Waals surface area contributed by atoms with Gasteiger partial charge in [-0.15, -0.1) is 0 Å². The van der Waals surface area contributed by atoms with Gasteiger partial charge in [0.25, 0.3) is 0 Å². The summed E-state index contributed by atoms with van der Waals surface area (Å²) in [7, 11) is 0. The summed E-state index contributed by atoms with van der Waals surface area (Å²) >= 11 is 0. The van der Waals surface area contributed by atoms with Gasteiger partial charge >= 0.3 is 0 Å². The zero-order valence-corrected chi connectivity index (χ0v) is 13.6. The van der Waals surface area contributed by atoms with Gasteiger partial charge in [0.2, 0.25) is 0 Å². The fraction of sp³-hybridized carbons (Fsp3) is 0.300. The first kappa shape index (κ1) is 16.2. The molecule has 114 valence electrons. The summed E-state index contributed by atoms with van der Waals surface area (Å²) in [6.07, 6.45) is 0. The molecule has 0 saturated carbocycles. The fourth-order valence-corrected chi connectivity index (χ4v) is 2.51. The van der Waals surface area contributed by atoms with Gasteiger partial charge in [-0.2, -0.15) is 0 Å². The van der Waals surface area contributed by atoms with Crippen molar-refractivity contribution in [2.75, 3.05) is 0 Å². The lowest BCUT2D eigenvalue weighted by molar-refractivity contribution is -0.127. The molecule has 0 aliphatic rings. The smallest absolute Gasteiger partial charge is 0.193 e. The van der Waals surface area contributed by atoms with E-state index in [-0.39, 0.29) is 17.5 Å². The van der Waals surface area contributed by atoms with Gasteiger partial charge in [0.1, 0.15) is 5.78 Å². The molecule has 0 spiro atoms. The van der Waals surface area contributed by atoms with Gasteiger partial charge in [-0.1, -0.05) is 76.2 Å². The van der Waals surface area contributed by atoms with Gasteiger partial charge < -0.3 is 0 Å². The zero-order chi connectivity index (χ0) is 16.3. The molecule has 0 fully saturated rings. The second kappa shape index (κ2) is 6.27. The van der Waals surface area contributed by atoms with Crippen molar-refractivity contribution in [3.8, 4) is 0 Å². The lowest BCUT2D eigenvalue weighted by Gasteiger charge is -2.22. The van der Waals surface area contributed by atoms with E-state index in [1.165, 1.54) is 0 Å². The Balaban J connectivity index is 2.31. The molecule has 22 heavy (non-hydrogen) atoms. The molecule has 0 aromatic heterocycles. The second-order valence-electron chi connectivity index (χ2n) is 6.66. The molecule has 0 N–H and O–H groups in total. The summed E-state index contributed by atoms with van der Waals surface area (Å²) in [5, 5.41) is 0. The Hall–Kier alpha value is -2.22. The maximum absolute atomic E-state index is 12.5. The van der Waals surface area contributed by atoms with E-state index in [9.17, 15) is 9.59 Å². The van der Waals surface area contributed by atoms with Crippen molar-refractivity contribution in [3.63, 3.8) is 0 Å². The number of carbonyl (C=O) groups excluding carboxylic acids is 2. The van der Waals surface area contributed by atoms with Crippen LogP contribution in [0.15, 0.2) is 54.6 Å². The van der Waals surface area contributed by atoms with Crippen LogP contribution in [0.25, 0.3) is 0 Å². The Bertz CT molecular complexity index is 678. The minimum atomic E-state index is -0.390. The molecule has 2 rings (SSSR count). The molecular weight excluding hydrogens is 272 g/mol. The molecule has 0 saturated heterocycles. The first-order valence-corrected chi connectivity index (χ1v) is 7.54. The summed E-state index contributed by atoms with van der Waals surface area (Å²) in [5.41, 5.74) is 1.78. The Kier molecular flexibility index (Phi) is 4.60. The van der Waals surface area contributed by atoms with Crippen LogP contribution < -0.4 is 0 Å². The van der Waals surface area contributed by atoms with Crippen LogP contribution in [-0.4, -0.2) is 11.6 Å². The third kappa shape index (κ3) is 3.51. The van der Waals surface area contributed by atoms with Gasteiger partial charge in [0, 0.05) is 22.5 Å². The first-order valence-electron chi connectivity index (χ1n) is 7.54. The Morgan fingerprint density at radius 1 is 0.864 bits per heavy atom. The van der Waals surface area contributed by atoms with E-state index in [1.54, 1.807) is 18.2 Å². The molecule has 2 aromatic rings. The Morgan fingerprint density at radius 3 is 2.05 bits per heavy atom. The molecule has 1 atom stereocenters. The monoisotopic (exact) mass is 294 g/mol. The average molecular weight is 294 g/mol. The highest BCUT2D eigenvalue weighted by Crippen LogP contribution is 2.27. The third-order valence-corrected chi connectivity index (χ3v) is 3.82. The SMILES string of the molecule is CC(C(=O)C(C)(C)C)c1cccc(C(=O)c2ccccc2)c1. The topological polar surface area (TPSA) is 34.1 Å². The number of rotatable bonds is 4. The van der Waals surface area contributed by atoms with Gasteiger partial charge in [0.05, 0.1) is 0 Å². The maximum atomic E-state index is 12.5. The van der Waals surface area contributed by atoms with E-state index < -0.39 is 5.41 Å². The maximum Gasteiger partial charge on any atom is 0.193 e. The van der Waals surface area contributed by atoms with Gasteiger partial charge in [-0.3, -0.25) is 9.59 Å². The van der Waals surface area contributed by atoms with Crippen LogP contribution in [0.4, 0.5) is 0 Å². The minimum absolute atomic E-state index is 0.0159. The standard InChI is InChI=1S/C20H22O2/c1-14(19(22)20(2,3)4)16-11-8-12-17(13-16)18(21)15-9-6-5-7-10-15/h5-14H,1-4H3. The normalized spacial score (nSPS) is 12.7. The molecular formula is C20H22O2. The number of benzene rings is 2. The number of Topliss-reactive ketones (excluding diaryl/α,β-unsaturated/α-hetero) is 1. The average Bonchev–Trinajstić information content (AvgIpc) is 2.53. The van der Waals surface area contributed by atoms with Gasteiger partial charge in [0.15, 0.2) is 5.78 Å².